The Morgan fingerprint density at radius 1 is 1.36 bits per heavy atom. The molecule has 14 heavy (non-hydrogen) atoms. The van der Waals surface area contributed by atoms with Crippen molar-refractivity contribution in [1.82, 2.24) is 0 Å². The molecule has 4 atom stereocenters. The Morgan fingerprint density at radius 3 is 2.43 bits per heavy atom. The van der Waals surface area contributed by atoms with Crippen LogP contribution in [0.5, 0.6) is 0 Å². The number of rotatable bonds is 1. The lowest BCUT2D eigenvalue weighted by molar-refractivity contribution is -0.184. The van der Waals surface area contributed by atoms with E-state index in [-0.39, 0.29) is 12.1 Å². The number of fused-ring (bicyclic) bond motifs is 2. The summed E-state index contributed by atoms with van der Waals surface area (Å²) in [6.45, 7) is 8.45. The maximum atomic E-state index is 10.9. The van der Waals surface area contributed by atoms with Gasteiger partial charge in [0.2, 0.25) is 0 Å². The van der Waals surface area contributed by atoms with Gasteiger partial charge < -0.3 is 4.74 Å². The SMILES string of the molecule is CC(=O)O[C@@H]1C[C@H]2C[C@@H](C1C)C2(C)C. The van der Waals surface area contributed by atoms with E-state index in [0.29, 0.717) is 11.3 Å². The Morgan fingerprint density at radius 2 is 2.00 bits per heavy atom. The molecule has 1 unspecified atom stereocenters. The van der Waals surface area contributed by atoms with Gasteiger partial charge in [-0.2, -0.15) is 0 Å². The van der Waals surface area contributed by atoms with E-state index in [1.807, 2.05) is 0 Å². The van der Waals surface area contributed by atoms with Gasteiger partial charge in [-0.1, -0.05) is 20.8 Å². The first-order valence-electron chi connectivity index (χ1n) is 5.60. The fourth-order valence-corrected chi connectivity index (χ4v) is 3.47. The second-order valence-electron chi connectivity index (χ2n) is 5.60. The molecule has 80 valence electrons. The zero-order chi connectivity index (χ0) is 10.5. The summed E-state index contributed by atoms with van der Waals surface area (Å²) < 4.78 is 5.36. The van der Waals surface area contributed by atoms with Crippen molar-refractivity contribution in [3.05, 3.63) is 0 Å². The maximum absolute atomic E-state index is 10.9. The maximum Gasteiger partial charge on any atom is 0.302 e. The zero-order valence-electron chi connectivity index (χ0n) is 9.54. The van der Waals surface area contributed by atoms with Crippen LogP contribution in [0.4, 0.5) is 0 Å². The Balaban J connectivity index is 2.04. The molecule has 0 aromatic carbocycles. The summed E-state index contributed by atoms with van der Waals surface area (Å²) >= 11 is 0. The van der Waals surface area contributed by atoms with E-state index in [0.717, 1.165) is 18.3 Å². The molecule has 0 spiro atoms. The largest absolute Gasteiger partial charge is 0.462 e. The van der Waals surface area contributed by atoms with Crippen LogP contribution in [0.25, 0.3) is 0 Å². The average Bonchev–Trinajstić information content (AvgIpc) is 2.06. The molecule has 2 bridgehead atoms. The van der Waals surface area contributed by atoms with Crippen LogP contribution in [0.3, 0.4) is 0 Å². The van der Waals surface area contributed by atoms with Crippen molar-refractivity contribution >= 4 is 5.97 Å². The fourth-order valence-electron chi connectivity index (χ4n) is 3.47. The quantitative estimate of drug-likeness (QED) is 0.603. The van der Waals surface area contributed by atoms with Crippen molar-refractivity contribution in [2.75, 3.05) is 0 Å². The van der Waals surface area contributed by atoms with Crippen LogP contribution in [0.2, 0.25) is 0 Å². The Bertz CT molecular complexity index is 257. The van der Waals surface area contributed by atoms with Gasteiger partial charge in [0, 0.05) is 6.92 Å². The second kappa shape index (κ2) is 2.98. The average molecular weight is 196 g/mol. The highest BCUT2D eigenvalue weighted by Crippen LogP contribution is 2.61. The molecule has 0 saturated heterocycles. The summed E-state index contributed by atoms with van der Waals surface area (Å²) in [5, 5.41) is 0. The molecule has 3 aliphatic carbocycles. The normalized spacial score (nSPS) is 44.0. The monoisotopic (exact) mass is 196 g/mol. The van der Waals surface area contributed by atoms with E-state index in [1.54, 1.807) is 0 Å². The van der Waals surface area contributed by atoms with Gasteiger partial charge in [0.1, 0.15) is 6.10 Å². The first-order valence-corrected chi connectivity index (χ1v) is 5.60. The van der Waals surface area contributed by atoms with Crippen molar-refractivity contribution in [3.8, 4) is 0 Å². The van der Waals surface area contributed by atoms with Crippen molar-refractivity contribution < 1.29 is 9.53 Å². The van der Waals surface area contributed by atoms with Crippen LogP contribution in [0.1, 0.15) is 40.5 Å². The number of ether oxygens (including phenoxy) is 1. The van der Waals surface area contributed by atoms with Crippen LogP contribution < -0.4 is 0 Å². The van der Waals surface area contributed by atoms with Crippen molar-refractivity contribution in [2.24, 2.45) is 23.2 Å². The molecule has 3 saturated carbocycles. The van der Waals surface area contributed by atoms with E-state index in [9.17, 15) is 4.79 Å². The highest BCUT2D eigenvalue weighted by atomic mass is 16.5. The predicted molar refractivity (Wildman–Crippen MR) is 54.7 cm³/mol. The summed E-state index contributed by atoms with van der Waals surface area (Å²) in [7, 11) is 0. The smallest absolute Gasteiger partial charge is 0.302 e. The number of esters is 1. The lowest BCUT2D eigenvalue weighted by Gasteiger charge is -2.61. The van der Waals surface area contributed by atoms with Gasteiger partial charge in [0.05, 0.1) is 0 Å². The van der Waals surface area contributed by atoms with Gasteiger partial charge in [-0.15, -0.1) is 0 Å². The van der Waals surface area contributed by atoms with Crippen molar-refractivity contribution in [1.29, 1.82) is 0 Å². The summed E-state index contributed by atoms with van der Waals surface area (Å²) in [6, 6.07) is 0. The van der Waals surface area contributed by atoms with Gasteiger partial charge in [0.25, 0.3) is 0 Å². The van der Waals surface area contributed by atoms with E-state index < -0.39 is 0 Å². The molecular weight excluding hydrogens is 176 g/mol. The highest BCUT2D eigenvalue weighted by Gasteiger charge is 2.57. The zero-order valence-corrected chi connectivity index (χ0v) is 9.54. The first kappa shape index (κ1) is 10.0. The van der Waals surface area contributed by atoms with E-state index in [1.165, 1.54) is 13.3 Å². The fraction of sp³-hybridized carbons (Fsp3) is 0.917. The number of hydrogen-bond acceptors (Lipinski definition) is 2. The molecule has 3 fully saturated rings. The molecule has 0 heterocycles. The molecular formula is C12H20O2. The van der Waals surface area contributed by atoms with Crippen LogP contribution >= 0.6 is 0 Å². The van der Waals surface area contributed by atoms with Gasteiger partial charge >= 0.3 is 5.97 Å². The molecule has 0 aromatic heterocycles. The van der Waals surface area contributed by atoms with Gasteiger partial charge in [-0.05, 0) is 36.0 Å². The molecule has 0 aliphatic heterocycles. The molecule has 0 N–H and O–H groups in total. The molecule has 3 aliphatic rings. The lowest BCUT2D eigenvalue weighted by atomic mass is 9.45. The van der Waals surface area contributed by atoms with Crippen LogP contribution in [0, 0.1) is 23.2 Å². The predicted octanol–water partition coefficient (Wildman–Crippen LogP) is 2.62. The van der Waals surface area contributed by atoms with Gasteiger partial charge in [0.15, 0.2) is 0 Å². The van der Waals surface area contributed by atoms with Gasteiger partial charge in [-0.25, -0.2) is 0 Å². The van der Waals surface area contributed by atoms with Gasteiger partial charge in [-0.3, -0.25) is 4.79 Å². The Labute approximate surface area is 86.0 Å². The minimum absolute atomic E-state index is 0.124. The summed E-state index contributed by atoms with van der Waals surface area (Å²) in [5.74, 6) is 1.94. The van der Waals surface area contributed by atoms with E-state index in [4.69, 9.17) is 4.74 Å². The second-order valence-corrected chi connectivity index (χ2v) is 5.60. The third-order valence-corrected chi connectivity index (χ3v) is 4.60. The molecule has 0 amide bonds. The van der Waals surface area contributed by atoms with Crippen LogP contribution in [-0.2, 0) is 9.53 Å². The topological polar surface area (TPSA) is 26.3 Å². The Hall–Kier alpha value is -0.530. The first-order chi connectivity index (χ1) is 6.43. The van der Waals surface area contributed by atoms with Crippen molar-refractivity contribution in [2.45, 2.75) is 46.6 Å². The van der Waals surface area contributed by atoms with Crippen LogP contribution in [0.15, 0.2) is 0 Å². The summed E-state index contributed by atoms with van der Waals surface area (Å²) in [5.41, 5.74) is 0.482. The van der Waals surface area contributed by atoms with E-state index >= 15 is 0 Å². The number of carbonyl (C=O) groups excluding carboxylic acids is 1. The Kier molecular flexibility index (Phi) is 2.13. The summed E-state index contributed by atoms with van der Waals surface area (Å²) in [6.07, 6.45) is 2.60. The van der Waals surface area contributed by atoms with E-state index in [2.05, 4.69) is 20.8 Å². The molecule has 0 radical (unpaired) electrons. The minimum atomic E-state index is -0.124. The molecule has 3 rings (SSSR count). The minimum Gasteiger partial charge on any atom is -0.462 e. The van der Waals surface area contributed by atoms with Crippen LogP contribution in [-0.4, -0.2) is 12.1 Å². The standard InChI is InChI=1S/C12H20O2/c1-7-10-5-9(12(10,3)4)6-11(7)14-8(2)13/h7,9-11H,5-6H2,1-4H3/t7?,9-,10+,11-/m1/s1. The highest BCUT2D eigenvalue weighted by molar-refractivity contribution is 5.66. The molecule has 2 heteroatoms. The molecule has 2 nitrogen and oxygen atoms in total. The third-order valence-electron chi connectivity index (χ3n) is 4.60. The number of carbonyl (C=O) groups is 1. The lowest BCUT2D eigenvalue weighted by Crippen LogP contribution is -2.57. The summed E-state index contributed by atoms with van der Waals surface area (Å²) in [4.78, 5) is 10.9. The van der Waals surface area contributed by atoms with Crippen molar-refractivity contribution in [3.63, 3.8) is 0 Å². The molecule has 0 aromatic rings. The number of hydrogen-bond donors (Lipinski definition) is 0. The third kappa shape index (κ3) is 1.27.